The van der Waals surface area contributed by atoms with Gasteiger partial charge in [0.2, 0.25) is 0 Å². The highest BCUT2D eigenvalue weighted by atomic mass is 19.1. The van der Waals surface area contributed by atoms with Crippen molar-refractivity contribution in [2.45, 2.75) is 38.1 Å². The Labute approximate surface area is 159 Å². The molecule has 144 valence electrons. The molecule has 1 unspecified atom stereocenters. The third-order valence-corrected chi connectivity index (χ3v) is 4.83. The van der Waals surface area contributed by atoms with E-state index >= 15 is 0 Å². The van der Waals surface area contributed by atoms with Crippen molar-refractivity contribution < 1.29 is 24.9 Å². The van der Waals surface area contributed by atoms with Crippen molar-refractivity contribution in [2.75, 3.05) is 7.11 Å². The van der Waals surface area contributed by atoms with Gasteiger partial charge in [0, 0.05) is 13.0 Å². The molecule has 0 bridgehead atoms. The van der Waals surface area contributed by atoms with Crippen molar-refractivity contribution >= 4 is 12.1 Å². The molecule has 1 aliphatic carbocycles. The molecule has 1 aliphatic rings. The van der Waals surface area contributed by atoms with Crippen LogP contribution in [0.2, 0.25) is 0 Å². The number of carbonyl (C=O) groups is 2. The van der Waals surface area contributed by atoms with E-state index in [9.17, 15) is 14.0 Å². The molecule has 0 aromatic heterocycles. The number of hydrogen-bond donors (Lipinski definition) is 1. The average molecular weight is 373 g/mol. The minimum absolute atomic E-state index is 0. The van der Waals surface area contributed by atoms with Crippen molar-refractivity contribution in [1.82, 2.24) is 5.32 Å². The number of hydrogen-bond acceptors (Lipinski definition) is 4. The summed E-state index contributed by atoms with van der Waals surface area (Å²) in [6.07, 6.45) is 2.55. The normalized spacial score (nSPS) is 14.8. The zero-order valence-corrected chi connectivity index (χ0v) is 15.3. The van der Waals surface area contributed by atoms with Crippen LogP contribution in [-0.4, -0.2) is 25.2 Å². The zero-order valence-electron chi connectivity index (χ0n) is 15.3. The summed E-state index contributed by atoms with van der Waals surface area (Å²) in [6, 6.07) is 11.5. The van der Waals surface area contributed by atoms with E-state index in [0.29, 0.717) is 22.4 Å². The number of amides is 1. The van der Waals surface area contributed by atoms with Gasteiger partial charge in [0.05, 0.1) is 13.0 Å². The Balaban J connectivity index is 0.00000280. The van der Waals surface area contributed by atoms with Crippen LogP contribution in [0.4, 0.5) is 9.18 Å². The summed E-state index contributed by atoms with van der Waals surface area (Å²) in [5.74, 6) is -1.09. The second kappa shape index (κ2) is 8.20. The summed E-state index contributed by atoms with van der Waals surface area (Å²) < 4.78 is 24.6. The summed E-state index contributed by atoms with van der Waals surface area (Å²) in [4.78, 5) is 23.5. The molecule has 2 aromatic rings. The Hall–Kier alpha value is -2.89. The van der Waals surface area contributed by atoms with Crippen LogP contribution in [0, 0.1) is 5.82 Å². The van der Waals surface area contributed by atoms with Gasteiger partial charge in [0.15, 0.2) is 0 Å². The van der Waals surface area contributed by atoms with E-state index in [1.54, 1.807) is 43.3 Å². The summed E-state index contributed by atoms with van der Waals surface area (Å²) in [6.45, 7) is 1.66. The van der Waals surface area contributed by atoms with E-state index in [2.05, 4.69) is 5.32 Å². The Bertz CT molecular complexity index is 854. The molecule has 0 aliphatic heterocycles. The van der Waals surface area contributed by atoms with Crippen LogP contribution in [0.15, 0.2) is 42.5 Å². The smallest absolute Gasteiger partial charge is 0.412 e. The molecule has 1 atom stereocenters. The van der Waals surface area contributed by atoms with E-state index in [-0.39, 0.29) is 7.47 Å². The predicted molar refractivity (Wildman–Crippen MR) is 101 cm³/mol. The van der Waals surface area contributed by atoms with Gasteiger partial charge in [-0.25, -0.2) is 9.18 Å². The lowest BCUT2D eigenvalue weighted by Crippen LogP contribution is -2.41. The van der Waals surface area contributed by atoms with Crippen LogP contribution in [0.5, 0.6) is 5.75 Å². The maximum absolute atomic E-state index is 14.6. The molecule has 1 fully saturated rings. The van der Waals surface area contributed by atoms with Crippen molar-refractivity contribution in [2.24, 2.45) is 0 Å². The topological polar surface area (TPSA) is 64.6 Å². The number of carbonyl (C=O) groups excluding carboxylic acids is 2. The van der Waals surface area contributed by atoms with Crippen LogP contribution >= 0.6 is 0 Å². The molecule has 1 N–H and O–H groups in total. The Kier molecular flexibility index (Phi) is 5.74. The Morgan fingerprint density at radius 2 is 2.00 bits per heavy atom. The molecule has 2 aromatic carbocycles. The molecular weight excluding hydrogens is 349 g/mol. The molecule has 0 radical (unpaired) electrons. The van der Waals surface area contributed by atoms with Crippen molar-refractivity contribution in [3.63, 3.8) is 0 Å². The molecule has 0 spiro atoms. The standard InChI is InChI=1S/C21H22FNO4.H2/c1-13(20(24)26-2)14-9-10-18(19(22)12-14)15-5-3-8-17(11-15)27-21(25)23-16-6-4-7-16;/h3,5,8-13,16H,4,6-7H2,1-2H3,(H,23,25);1H. The molecule has 27 heavy (non-hydrogen) atoms. The second-order valence-corrected chi connectivity index (χ2v) is 6.67. The lowest BCUT2D eigenvalue weighted by Gasteiger charge is -2.25. The van der Waals surface area contributed by atoms with Gasteiger partial charge in [-0.05, 0) is 55.5 Å². The summed E-state index contributed by atoms with van der Waals surface area (Å²) in [5, 5.41) is 2.79. The van der Waals surface area contributed by atoms with Crippen molar-refractivity contribution in [3.05, 3.63) is 53.8 Å². The van der Waals surface area contributed by atoms with Gasteiger partial charge in [-0.3, -0.25) is 4.79 Å². The van der Waals surface area contributed by atoms with E-state index < -0.39 is 23.8 Å². The third-order valence-electron chi connectivity index (χ3n) is 4.83. The van der Waals surface area contributed by atoms with Crippen molar-refractivity contribution in [1.29, 1.82) is 0 Å². The number of rotatable bonds is 5. The zero-order chi connectivity index (χ0) is 19.4. The first-order chi connectivity index (χ1) is 13.0. The van der Waals surface area contributed by atoms with Gasteiger partial charge in [-0.1, -0.05) is 24.3 Å². The third kappa shape index (κ3) is 4.45. The largest absolute Gasteiger partial charge is 0.469 e. The minimum Gasteiger partial charge on any atom is -0.469 e. The molecule has 0 heterocycles. The lowest BCUT2D eigenvalue weighted by atomic mass is 9.93. The second-order valence-electron chi connectivity index (χ2n) is 6.67. The number of ether oxygens (including phenoxy) is 2. The molecule has 1 amide bonds. The summed E-state index contributed by atoms with van der Waals surface area (Å²) in [5.41, 5.74) is 1.48. The number of halogens is 1. The van der Waals surface area contributed by atoms with E-state index in [0.717, 1.165) is 19.3 Å². The van der Waals surface area contributed by atoms with Gasteiger partial charge in [0.1, 0.15) is 11.6 Å². The highest BCUT2D eigenvalue weighted by Gasteiger charge is 2.21. The van der Waals surface area contributed by atoms with Crippen LogP contribution in [0.1, 0.15) is 39.1 Å². The van der Waals surface area contributed by atoms with Gasteiger partial charge < -0.3 is 14.8 Å². The Morgan fingerprint density at radius 3 is 2.63 bits per heavy atom. The van der Waals surface area contributed by atoms with Crippen LogP contribution in [-0.2, 0) is 9.53 Å². The lowest BCUT2D eigenvalue weighted by molar-refractivity contribution is -0.141. The highest BCUT2D eigenvalue weighted by molar-refractivity contribution is 5.78. The van der Waals surface area contributed by atoms with Crippen LogP contribution in [0.25, 0.3) is 11.1 Å². The first kappa shape index (κ1) is 18.9. The number of methoxy groups -OCH3 is 1. The monoisotopic (exact) mass is 373 g/mol. The molecular formula is C21H24FNO4. The number of esters is 1. The van der Waals surface area contributed by atoms with Crippen LogP contribution < -0.4 is 10.1 Å². The quantitative estimate of drug-likeness (QED) is 0.775. The minimum atomic E-state index is -0.552. The van der Waals surface area contributed by atoms with Crippen LogP contribution in [0.3, 0.4) is 0 Å². The van der Waals surface area contributed by atoms with Gasteiger partial charge in [-0.2, -0.15) is 0 Å². The fourth-order valence-corrected chi connectivity index (χ4v) is 2.93. The fraction of sp³-hybridized carbons (Fsp3) is 0.333. The molecule has 3 rings (SSSR count). The van der Waals surface area contributed by atoms with E-state index in [4.69, 9.17) is 9.47 Å². The Morgan fingerprint density at radius 1 is 1.22 bits per heavy atom. The maximum atomic E-state index is 14.6. The van der Waals surface area contributed by atoms with Gasteiger partial charge in [0.25, 0.3) is 0 Å². The molecule has 6 heteroatoms. The maximum Gasteiger partial charge on any atom is 0.412 e. The summed E-state index contributed by atoms with van der Waals surface area (Å²) >= 11 is 0. The number of benzene rings is 2. The van der Waals surface area contributed by atoms with E-state index in [1.165, 1.54) is 13.2 Å². The predicted octanol–water partition coefficient (Wildman–Crippen LogP) is 4.66. The van der Waals surface area contributed by atoms with Gasteiger partial charge >= 0.3 is 12.1 Å². The average Bonchev–Trinajstić information content (AvgIpc) is 2.63. The summed E-state index contributed by atoms with van der Waals surface area (Å²) in [7, 11) is 1.30. The SMILES string of the molecule is COC(=O)C(C)c1ccc(-c2cccc(OC(=O)NC3CCC3)c2)c(F)c1.[HH]. The molecule has 5 nitrogen and oxygen atoms in total. The first-order valence-electron chi connectivity index (χ1n) is 8.94. The highest BCUT2D eigenvalue weighted by Crippen LogP contribution is 2.29. The van der Waals surface area contributed by atoms with E-state index in [1.807, 2.05) is 0 Å². The number of nitrogens with one attached hydrogen (secondary N) is 1. The molecule has 1 saturated carbocycles. The first-order valence-corrected chi connectivity index (χ1v) is 8.94. The molecule has 0 saturated heterocycles. The van der Waals surface area contributed by atoms with Crippen molar-refractivity contribution in [3.8, 4) is 16.9 Å². The fourth-order valence-electron chi connectivity index (χ4n) is 2.93. The van der Waals surface area contributed by atoms with Gasteiger partial charge in [-0.15, -0.1) is 0 Å².